The Hall–Kier alpha value is -0.570. The fourth-order valence-electron chi connectivity index (χ4n) is 1.60. The molecule has 70 valence electrons. The first-order valence-corrected chi connectivity index (χ1v) is 4.55. The lowest BCUT2D eigenvalue weighted by molar-refractivity contribution is -0.142. The number of piperazine rings is 1. The second-order valence-electron chi connectivity index (χ2n) is 3.95. The fourth-order valence-corrected chi connectivity index (χ4v) is 1.60. The van der Waals surface area contributed by atoms with Crippen LogP contribution in [0, 0.1) is 0 Å². The van der Waals surface area contributed by atoms with Crippen LogP contribution in [-0.4, -0.2) is 35.5 Å². The van der Waals surface area contributed by atoms with Gasteiger partial charge < -0.3 is 10.2 Å². The van der Waals surface area contributed by atoms with E-state index in [0.29, 0.717) is 6.04 Å². The predicted molar refractivity (Wildman–Crippen MR) is 48.9 cm³/mol. The maximum absolute atomic E-state index is 11.8. The molecule has 0 bridgehead atoms. The minimum Gasteiger partial charge on any atom is -0.337 e. The lowest BCUT2D eigenvalue weighted by atomic mass is 9.98. The number of hydrogen-bond acceptors (Lipinski definition) is 2. The number of rotatable bonds is 1. The summed E-state index contributed by atoms with van der Waals surface area (Å²) in [5, 5.41) is 3.23. The highest BCUT2D eigenvalue weighted by atomic mass is 16.2. The molecule has 3 heteroatoms. The van der Waals surface area contributed by atoms with Gasteiger partial charge in [-0.05, 0) is 27.7 Å². The van der Waals surface area contributed by atoms with Crippen LogP contribution >= 0.6 is 0 Å². The van der Waals surface area contributed by atoms with Crippen LogP contribution in [0.4, 0.5) is 0 Å². The van der Waals surface area contributed by atoms with Gasteiger partial charge in [-0.25, -0.2) is 0 Å². The molecule has 1 unspecified atom stereocenters. The van der Waals surface area contributed by atoms with Crippen molar-refractivity contribution in [1.29, 1.82) is 0 Å². The molecule has 3 nitrogen and oxygen atoms in total. The molecule has 0 saturated carbocycles. The van der Waals surface area contributed by atoms with Gasteiger partial charge >= 0.3 is 0 Å². The highest BCUT2D eigenvalue weighted by Gasteiger charge is 2.37. The zero-order valence-electron chi connectivity index (χ0n) is 8.35. The summed E-state index contributed by atoms with van der Waals surface area (Å²) in [6.07, 6.45) is 0. The average Bonchev–Trinajstić information content (AvgIpc) is 2.00. The third-order valence-corrected chi connectivity index (χ3v) is 2.51. The molecular formula is C9H18N2O. The van der Waals surface area contributed by atoms with E-state index in [-0.39, 0.29) is 11.4 Å². The molecule has 0 aromatic carbocycles. The number of nitrogens with zero attached hydrogens (tertiary/aromatic N) is 1. The van der Waals surface area contributed by atoms with Gasteiger partial charge in [0, 0.05) is 19.1 Å². The van der Waals surface area contributed by atoms with E-state index in [1.807, 2.05) is 25.7 Å². The smallest absolute Gasteiger partial charge is 0.242 e. The van der Waals surface area contributed by atoms with E-state index in [2.05, 4.69) is 12.2 Å². The summed E-state index contributed by atoms with van der Waals surface area (Å²) in [5.74, 6) is 0.212. The normalized spacial score (nSPS) is 29.2. The van der Waals surface area contributed by atoms with Gasteiger partial charge in [0.25, 0.3) is 0 Å². The van der Waals surface area contributed by atoms with Crippen molar-refractivity contribution in [3.63, 3.8) is 0 Å². The van der Waals surface area contributed by atoms with Crippen molar-refractivity contribution < 1.29 is 4.79 Å². The van der Waals surface area contributed by atoms with Crippen LogP contribution in [0.5, 0.6) is 0 Å². The molecule has 1 aliphatic rings. The van der Waals surface area contributed by atoms with Gasteiger partial charge in [0.15, 0.2) is 0 Å². The highest BCUT2D eigenvalue weighted by molar-refractivity contribution is 5.86. The van der Waals surface area contributed by atoms with Gasteiger partial charge in [-0.15, -0.1) is 0 Å². The Morgan fingerprint density at radius 1 is 1.67 bits per heavy atom. The largest absolute Gasteiger partial charge is 0.337 e. The zero-order valence-corrected chi connectivity index (χ0v) is 8.35. The van der Waals surface area contributed by atoms with Gasteiger partial charge in [0.05, 0.1) is 5.54 Å². The van der Waals surface area contributed by atoms with Crippen LogP contribution in [-0.2, 0) is 4.79 Å². The molecule has 1 amide bonds. The Balaban J connectivity index is 2.78. The van der Waals surface area contributed by atoms with E-state index >= 15 is 0 Å². The highest BCUT2D eigenvalue weighted by Crippen LogP contribution is 2.15. The lowest BCUT2D eigenvalue weighted by Crippen LogP contribution is -2.64. The lowest BCUT2D eigenvalue weighted by Gasteiger charge is -2.42. The maximum Gasteiger partial charge on any atom is 0.242 e. The van der Waals surface area contributed by atoms with Crippen LogP contribution in [0.15, 0.2) is 0 Å². The number of carbonyl (C=O) groups is 1. The summed E-state index contributed by atoms with van der Waals surface area (Å²) < 4.78 is 0. The topological polar surface area (TPSA) is 32.3 Å². The molecular weight excluding hydrogens is 152 g/mol. The Bertz CT molecular complexity index is 189. The van der Waals surface area contributed by atoms with Crippen LogP contribution in [0.2, 0.25) is 0 Å². The van der Waals surface area contributed by atoms with E-state index in [4.69, 9.17) is 0 Å². The SMILES string of the molecule is CCN1C(=O)C(C)(C)NCC1C. The van der Waals surface area contributed by atoms with Crippen molar-refractivity contribution >= 4 is 5.91 Å². The van der Waals surface area contributed by atoms with Crippen LogP contribution in [0.3, 0.4) is 0 Å². The van der Waals surface area contributed by atoms with Crippen molar-refractivity contribution in [3.05, 3.63) is 0 Å². The van der Waals surface area contributed by atoms with E-state index in [0.717, 1.165) is 13.1 Å². The second-order valence-corrected chi connectivity index (χ2v) is 3.95. The Morgan fingerprint density at radius 2 is 2.25 bits per heavy atom. The first-order chi connectivity index (χ1) is 5.49. The third-order valence-electron chi connectivity index (χ3n) is 2.51. The summed E-state index contributed by atoms with van der Waals surface area (Å²) in [4.78, 5) is 13.7. The van der Waals surface area contributed by atoms with Gasteiger partial charge in [-0.1, -0.05) is 0 Å². The van der Waals surface area contributed by atoms with Crippen molar-refractivity contribution in [1.82, 2.24) is 10.2 Å². The summed E-state index contributed by atoms with van der Waals surface area (Å²) in [6.45, 7) is 9.67. The number of likely N-dealkylation sites (N-methyl/N-ethyl adjacent to an activating group) is 1. The van der Waals surface area contributed by atoms with E-state index in [1.165, 1.54) is 0 Å². The van der Waals surface area contributed by atoms with Crippen LogP contribution in [0.25, 0.3) is 0 Å². The number of hydrogen-bond donors (Lipinski definition) is 1. The Kier molecular flexibility index (Phi) is 2.42. The summed E-state index contributed by atoms with van der Waals surface area (Å²) in [7, 11) is 0. The molecule has 1 N–H and O–H groups in total. The van der Waals surface area contributed by atoms with Gasteiger partial charge in [0.1, 0.15) is 0 Å². The number of nitrogens with one attached hydrogen (secondary N) is 1. The molecule has 1 aliphatic heterocycles. The van der Waals surface area contributed by atoms with Gasteiger partial charge in [-0.2, -0.15) is 0 Å². The van der Waals surface area contributed by atoms with Gasteiger partial charge in [0.2, 0.25) is 5.91 Å². The molecule has 0 aliphatic carbocycles. The molecule has 0 radical (unpaired) electrons. The van der Waals surface area contributed by atoms with E-state index in [9.17, 15) is 4.79 Å². The molecule has 1 saturated heterocycles. The molecule has 0 aromatic heterocycles. The predicted octanol–water partition coefficient (Wildman–Crippen LogP) is 0.605. The zero-order chi connectivity index (χ0) is 9.35. The maximum atomic E-state index is 11.8. The van der Waals surface area contributed by atoms with Crippen molar-refractivity contribution in [2.24, 2.45) is 0 Å². The van der Waals surface area contributed by atoms with Crippen molar-refractivity contribution in [3.8, 4) is 0 Å². The molecule has 1 atom stereocenters. The van der Waals surface area contributed by atoms with E-state index < -0.39 is 0 Å². The third kappa shape index (κ3) is 1.46. The quantitative estimate of drug-likeness (QED) is 0.625. The van der Waals surface area contributed by atoms with Crippen molar-refractivity contribution in [2.75, 3.05) is 13.1 Å². The Labute approximate surface area is 74.1 Å². The first kappa shape index (κ1) is 9.52. The summed E-state index contributed by atoms with van der Waals surface area (Å²) >= 11 is 0. The standard InChI is InChI=1S/C9H18N2O/c1-5-11-7(2)6-10-9(3,4)8(11)12/h7,10H,5-6H2,1-4H3. The van der Waals surface area contributed by atoms with E-state index in [1.54, 1.807) is 0 Å². The minimum atomic E-state index is -0.372. The number of amides is 1. The van der Waals surface area contributed by atoms with Crippen molar-refractivity contribution in [2.45, 2.75) is 39.3 Å². The molecule has 0 aromatic rings. The molecule has 1 rings (SSSR count). The average molecular weight is 170 g/mol. The monoisotopic (exact) mass is 170 g/mol. The minimum absolute atomic E-state index is 0.212. The van der Waals surface area contributed by atoms with Gasteiger partial charge in [-0.3, -0.25) is 4.79 Å². The second kappa shape index (κ2) is 3.05. The molecule has 12 heavy (non-hydrogen) atoms. The summed E-state index contributed by atoms with van der Waals surface area (Å²) in [5.41, 5.74) is -0.372. The van der Waals surface area contributed by atoms with Crippen LogP contribution in [0.1, 0.15) is 27.7 Å². The Morgan fingerprint density at radius 3 is 2.67 bits per heavy atom. The molecule has 1 fully saturated rings. The molecule has 1 heterocycles. The number of carbonyl (C=O) groups excluding carboxylic acids is 1. The first-order valence-electron chi connectivity index (χ1n) is 4.55. The summed E-state index contributed by atoms with van der Waals surface area (Å²) in [6, 6.07) is 0.329. The molecule has 0 spiro atoms. The fraction of sp³-hybridized carbons (Fsp3) is 0.889. The van der Waals surface area contributed by atoms with Crippen LogP contribution < -0.4 is 5.32 Å².